The van der Waals surface area contributed by atoms with E-state index in [1.165, 1.54) is 29.1 Å². The third-order valence-electron chi connectivity index (χ3n) is 5.84. The van der Waals surface area contributed by atoms with Gasteiger partial charge in [-0.15, -0.1) is 0 Å². The molecule has 0 unspecified atom stereocenters. The molecule has 4 rings (SSSR count). The maximum absolute atomic E-state index is 13.8. The van der Waals surface area contributed by atoms with Crippen molar-refractivity contribution in [3.8, 4) is 5.75 Å². The number of rotatable bonds is 11. The van der Waals surface area contributed by atoms with Gasteiger partial charge in [0.25, 0.3) is 0 Å². The standard InChI is InChI=1S/C26H29NO6S2/c1-31-26(28)24-9-2-3-10-25(24)35(29,30)27(18-23-8-5-13-32-23)17-21-6-4-7-22(16-21)33-14-11-20-12-15-34-19-20/h2-4,6-7,9-10,12,15-16,19,23H,5,8,11,13-14,17-18H2,1H3/t23-/m1/s1. The molecule has 0 spiro atoms. The van der Waals surface area contributed by atoms with Crippen LogP contribution in [0.2, 0.25) is 0 Å². The first-order valence-electron chi connectivity index (χ1n) is 11.5. The highest BCUT2D eigenvalue weighted by atomic mass is 32.2. The van der Waals surface area contributed by atoms with E-state index in [2.05, 4.69) is 11.4 Å². The van der Waals surface area contributed by atoms with Gasteiger partial charge >= 0.3 is 5.97 Å². The molecule has 0 saturated carbocycles. The van der Waals surface area contributed by atoms with Gasteiger partial charge in [-0.05, 0) is 65.1 Å². The number of hydrogen-bond acceptors (Lipinski definition) is 7. The molecule has 0 bridgehead atoms. The van der Waals surface area contributed by atoms with Crippen LogP contribution in [0.1, 0.15) is 34.3 Å². The Kier molecular flexibility index (Phi) is 8.56. The van der Waals surface area contributed by atoms with E-state index in [1.807, 2.05) is 29.6 Å². The summed E-state index contributed by atoms with van der Waals surface area (Å²) < 4.78 is 45.4. The van der Waals surface area contributed by atoms with E-state index in [9.17, 15) is 13.2 Å². The number of esters is 1. The molecule has 186 valence electrons. The number of carbonyl (C=O) groups excluding carboxylic acids is 1. The fourth-order valence-electron chi connectivity index (χ4n) is 4.03. The molecule has 7 nitrogen and oxygen atoms in total. The van der Waals surface area contributed by atoms with Gasteiger partial charge < -0.3 is 14.2 Å². The van der Waals surface area contributed by atoms with Crippen molar-refractivity contribution in [2.45, 2.75) is 36.8 Å². The molecule has 0 radical (unpaired) electrons. The summed E-state index contributed by atoms with van der Waals surface area (Å²) in [5, 5.41) is 4.14. The Morgan fingerprint density at radius 1 is 1.14 bits per heavy atom. The molecule has 1 saturated heterocycles. The van der Waals surface area contributed by atoms with Gasteiger partial charge in [-0.25, -0.2) is 13.2 Å². The van der Waals surface area contributed by atoms with Crippen LogP contribution in [0.3, 0.4) is 0 Å². The third-order valence-corrected chi connectivity index (χ3v) is 8.44. The Balaban J connectivity index is 1.56. The molecule has 1 fully saturated rings. The Labute approximate surface area is 210 Å². The van der Waals surface area contributed by atoms with E-state index in [0.717, 1.165) is 24.8 Å². The Hall–Kier alpha value is -2.72. The molecule has 0 aliphatic carbocycles. The van der Waals surface area contributed by atoms with E-state index in [4.69, 9.17) is 14.2 Å². The quantitative estimate of drug-likeness (QED) is 0.349. The lowest BCUT2D eigenvalue weighted by Crippen LogP contribution is -2.37. The second-order valence-electron chi connectivity index (χ2n) is 8.30. The third kappa shape index (κ3) is 6.49. The molecule has 1 aliphatic rings. The molecular weight excluding hydrogens is 486 g/mol. The van der Waals surface area contributed by atoms with E-state index in [0.29, 0.717) is 19.0 Å². The normalized spacial score (nSPS) is 15.9. The van der Waals surface area contributed by atoms with Crippen molar-refractivity contribution in [2.24, 2.45) is 0 Å². The van der Waals surface area contributed by atoms with Crippen LogP contribution in [-0.4, -0.2) is 51.7 Å². The minimum Gasteiger partial charge on any atom is -0.493 e. The number of ether oxygens (including phenoxy) is 3. The van der Waals surface area contributed by atoms with Crippen molar-refractivity contribution >= 4 is 27.3 Å². The van der Waals surface area contributed by atoms with E-state index in [1.54, 1.807) is 23.5 Å². The zero-order chi connectivity index (χ0) is 24.7. The summed E-state index contributed by atoms with van der Waals surface area (Å²) in [6.07, 6.45) is 2.29. The zero-order valence-corrected chi connectivity index (χ0v) is 21.2. The summed E-state index contributed by atoms with van der Waals surface area (Å²) in [7, 11) is -2.78. The highest BCUT2D eigenvalue weighted by Gasteiger charge is 2.32. The van der Waals surface area contributed by atoms with Crippen LogP contribution in [0.5, 0.6) is 5.75 Å². The monoisotopic (exact) mass is 515 g/mol. The van der Waals surface area contributed by atoms with Crippen molar-refractivity contribution in [1.82, 2.24) is 4.31 Å². The fourth-order valence-corrected chi connectivity index (χ4v) is 6.37. The maximum atomic E-state index is 13.8. The van der Waals surface area contributed by atoms with Crippen LogP contribution in [0.4, 0.5) is 0 Å². The fraction of sp³-hybridized carbons (Fsp3) is 0.346. The predicted molar refractivity (Wildman–Crippen MR) is 134 cm³/mol. The highest BCUT2D eigenvalue weighted by Crippen LogP contribution is 2.26. The molecule has 0 N–H and O–H groups in total. The van der Waals surface area contributed by atoms with E-state index < -0.39 is 16.0 Å². The minimum absolute atomic E-state index is 0.0119. The summed E-state index contributed by atoms with van der Waals surface area (Å²) in [5.41, 5.74) is 2.03. The first-order chi connectivity index (χ1) is 17.0. The van der Waals surface area contributed by atoms with Gasteiger partial charge in [0.15, 0.2) is 0 Å². The summed E-state index contributed by atoms with van der Waals surface area (Å²) in [6, 6.07) is 15.6. The lowest BCUT2D eigenvalue weighted by atomic mass is 10.2. The number of methoxy groups -OCH3 is 1. The minimum atomic E-state index is -4.02. The highest BCUT2D eigenvalue weighted by molar-refractivity contribution is 7.89. The van der Waals surface area contributed by atoms with Crippen LogP contribution in [0.25, 0.3) is 0 Å². The largest absolute Gasteiger partial charge is 0.493 e. The van der Waals surface area contributed by atoms with Gasteiger partial charge in [0, 0.05) is 26.1 Å². The molecule has 0 amide bonds. The maximum Gasteiger partial charge on any atom is 0.339 e. The van der Waals surface area contributed by atoms with Crippen LogP contribution < -0.4 is 4.74 Å². The molecule has 1 atom stereocenters. The number of thiophene rings is 1. The van der Waals surface area contributed by atoms with Crippen molar-refractivity contribution in [2.75, 3.05) is 26.9 Å². The molecule has 2 heterocycles. The number of nitrogens with zero attached hydrogens (tertiary/aromatic N) is 1. The van der Waals surface area contributed by atoms with Crippen LogP contribution in [0, 0.1) is 0 Å². The molecule has 35 heavy (non-hydrogen) atoms. The number of carbonyl (C=O) groups is 1. The van der Waals surface area contributed by atoms with Crippen molar-refractivity contribution in [3.05, 3.63) is 82.0 Å². The van der Waals surface area contributed by atoms with Crippen LogP contribution in [-0.2, 0) is 32.5 Å². The molecule has 1 aliphatic heterocycles. The van der Waals surface area contributed by atoms with Crippen molar-refractivity contribution in [3.63, 3.8) is 0 Å². The summed E-state index contributed by atoms with van der Waals surface area (Å²) in [5.74, 6) is -0.00980. The van der Waals surface area contributed by atoms with Gasteiger partial charge in [-0.3, -0.25) is 0 Å². The van der Waals surface area contributed by atoms with Crippen molar-refractivity contribution < 1.29 is 27.4 Å². The second-order valence-corrected chi connectivity index (χ2v) is 11.0. The number of hydrogen-bond donors (Lipinski definition) is 0. The van der Waals surface area contributed by atoms with E-state index in [-0.39, 0.29) is 29.7 Å². The summed E-state index contributed by atoms with van der Waals surface area (Å²) >= 11 is 1.66. The average Bonchev–Trinajstić information content (AvgIpc) is 3.58. The van der Waals surface area contributed by atoms with Gasteiger partial charge in [0.2, 0.25) is 10.0 Å². The Morgan fingerprint density at radius 3 is 2.74 bits per heavy atom. The predicted octanol–water partition coefficient (Wildman–Crippen LogP) is 4.53. The lowest BCUT2D eigenvalue weighted by Gasteiger charge is -2.26. The van der Waals surface area contributed by atoms with Crippen LogP contribution >= 0.6 is 11.3 Å². The summed E-state index contributed by atoms with van der Waals surface area (Å²) in [6.45, 7) is 1.47. The van der Waals surface area contributed by atoms with Gasteiger partial charge in [-0.1, -0.05) is 24.3 Å². The Bertz CT molecular complexity index is 1220. The molecule has 1 aromatic heterocycles. The van der Waals surface area contributed by atoms with Crippen LogP contribution in [0.15, 0.2) is 70.3 Å². The Morgan fingerprint density at radius 2 is 2.00 bits per heavy atom. The number of benzene rings is 2. The second kappa shape index (κ2) is 11.8. The lowest BCUT2D eigenvalue weighted by molar-refractivity contribution is 0.0596. The smallest absolute Gasteiger partial charge is 0.339 e. The zero-order valence-electron chi connectivity index (χ0n) is 19.6. The molecule has 9 heteroatoms. The van der Waals surface area contributed by atoms with Crippen molar-refractivity contribution in [1.29, 1.82) is 0 Å². The summed E-state index contributed by atoms with van der Waals surface area (Å²) in [4.78, 5) is 12.2. The van der Waals surface area contributed by atoms with Gasteiger partial charge in [0.1, 0.15) is 5.75 Å². The topological polar surface area (TPSA) is 82.1 Å². The SMILES string of the molecule is COC(=O)c1ccccc1S(=O)(=O)N(Cc1cccc(OCCc2ccsc2)c1)C[C@H]1CCCO1. The number of sulfonamides is 1. The molecule has 2 aromatic carbocycles. The van der Waals surface area contributed by atoms with E-state index >= 15 is 0 Å². The molecular formula is C26H29NO6S2. The average molecular weight is 516 g/mol. The molecule has 3 aromatic rings. The first kappa shape index (κ1) is 25.4. The van der Waals surface area contributed by atoms with Gasteiger partial charge in [-0.2, -0.15) is 15.6 Å². The first-order valence-corrected chi connectivity index (χ1v) is 13.9. The van der Waals surface area contributed by atoms with Gasteiger partial charge in [0.05, 0.1) is 30.3 Å².